The summed E-state index contributed by atoms with van der Waals surface area (Å²) >= 11 is 0. The van der Waals surface area contributed by atoms with Gasteiger partial charge in [-0.15, -0.1) is 0 Å². The van der Waals surface area contributed by atoms with E-state index in [4.69, 9.17) is 34.5 Å². The number of esters is 3. The fourth-order valence-corrected chi connectivity index (χ4v) is 5.84. The summed E-state index contributed by atoms with van der Waals surface area (Å²) in [6, 6.07) is 34.7. The molecule has 2 N–H and O–H groups in total. The van der Waals surface area contributed by atoms with Crippen molar-refractivity contribution in [1.82, 2.24) is 19.7 Å². The number of ether oxygens (including phenoxy) is 5. The summed E-state index contributed by atoms with van der Waals surface area (Å²) in [5.74, 6) is -1.90. The molecule has 4 atom stereocenters. The summed E-state index contributed by atoms with van der Waals surface area (Å²) in [7, 11) is 0. The first-order valence-corrected chi connectivity index (χ1v) is 16.4. The lowest BCUT2D eigenvalue weighted by Crippen LogP contribution is -2.41. The molecule has 0 aliphatic carbocycles. The highest BCUT2D eigenvalue weighted by atomic mass is 16.7. The van der Waals surface area contributed by atoms with Crippen molar-refractivity contribution in [2.75, 3.05) is 12.3 Å². The molecule has 0 bridgehead atoms. The number of hydrogen-bond acceptors (Lipinski definition) is 12. The summed E-state index contributed by atoms with van der Waals surface area (Å²) in [5.41, 5.74) is 8.78. The Labute approximate surface area is 297 Å². The molecule has 4 aromatic carbocycles. The number of nitrogen functional groups attached to an aromatic ring is 1. The first kappa shape index (κ1) is 34.0. The molecule has 0 unspecified atom stereocenters. The van der Waals surface area contributed by atoms with Gasteiger partial charge < -0.3 is 29.4 Å². The van der Waals surface area contributed by atoms with Crippen molar-refractivity contribution in [1.29, 1.82) is 0 Å². The van der Waals surface area contributed by atoms with Crippen molar-refractivity contribution in [2.24, 2.45) is 0 Å². The van der Waals surface area contributed by atoms with Crippen LogP contribution < -0.4 is 5.73 Å². The summed E-state index contributed by atoms with van der Waals surface area (Å²) in [5, 5.41) is 5.19. The molecule has 0 radical (unpaired) electrons. The number of fused-ring (bicyclic) bond motifs is 1. The number of carbonyl (C=O) groups is 3. The molecule has 2 aromatic heterocycles. The van der Waals surface area contributed by atoms with E-state index in [1.807, 2.05) is 30.3 Å². The second-order valence-electron chi connectivity index (χ2n) is 11.8. The fraction of sp³-hybridized carbons (Fsp3) is 0.179. The van der Waals surface area contributed by atoms with Crippen LogP contribution >= 0.6 is 0 Å². The van der Waals surface area contributed by atoms with Crippen LogP contribution in [0, 0.1) is 0 Å². The molecule has 262 valence electrons. The largest absolute Gasteiger partial charge is 0.459 e. The minimum atomic E-state index is -1.31. The van der Waals surface area contributed by atoms with Crippen molar-refractivity contribution in [2.45, 2.75) is 37.8 Å². The van der Waals surface area contributed by atoms with Crippen molar-refractivity contribution in [3.63, 3.8) is 0 Å². The Kier molecular flexibility index (Phi) is 10.2. The highest BCUT2D eigenvalue weighted by Gasteiger charge is 2.52. The van der Waals surface area contributed by atoms with Gasteiger partial charge in [-0.05, 0) is 42.0 Å². The zero-order valence-corrected chi connectivity index (χ0v) is 27.7. The molecule has 3 heterocycles. The van der Waals surface area contributed by atoms with Gasteiger partial charge >= 0.3 is 17.9 Å². The first-order valence-electron chi connectivity index (χ1n) is 16.4. The number of aromatic nitrogens is 4. The van der Waals surface area contributed by atoms with E-state index in [-0.39, 0.29) is 35.8 Å². The molecule has 7 rings (SSSR count). The minimum Gasteiger partial charge on any atom is -0.459 e. The van der Waals surface area contributed by atoms with Crippen molar-refractivity contribution in [3.05, 3.63) is 156 Å². The molecular formula is C39H33N5O8. The minimum absolute atomic E-state index is 0.0295. The maximum absolute atomic E-state index is 13.6. The molecule has 6 aromatic rings. The maximum atomic E-state index is 13.6. The number of nitrogens with zero attached hydrogens (tertiary/aromatic N) is 4. The molecule has 0 spiro atoms. The van der Waals surface area contributed by atoms with Crippen LogP contribution in [-0.2, 0) is 36.9 Å². The Hall–Kier alpha value is -6.44. The molecule has 13 nitrogen and oxygen atoms in total. The van der Waals surface area contributed by atoms with Crippen LogP contribution in [0.2, 0.25) is 0 Å². The molecule has 52 heavy (non-hydrogen) atoms. The summed E-state index contributed by atoms with van der Waals surface area (Å²) in [6.45, 7) is -0.0339. The Balaban J connectivity index is 1.26. The van der Waals surface area contributed by atoms with E-state index in [0.717, 1.165) is 5.56 Å². The Morgan fingerprint density at radius 3 is 1.81 bits per heavy atom. The van der Waals surface area contributed by atoms with Gasteiger partial charge in [-0.2, -0.15) is 5.10 Å². The number of anilines is 1. The molecule has 0 saturated carbocycles. The number of carbonyl (C=O) groups excluding carboxylic acids is 3. The quantitative estimate of drug-likeness (QED) is 0.129. The van der Waals surface area contributed by atoms with E-state index >= 15 is 0 Å². The first-order chi connectivity index (χ1) is 25.5. The third-order valence-electron chi connectivity index (χ3n) is 8.36. The zero-order chi connectivity index (χ0) is 35.9. The fourth-order valence-electron chi connectivity index (χ4n) is 5.84. The second-order valence-corrected chi connectivity index (χ2v) is 11.8. The SMILES string of the molecule is Nc1ncnc2c1c(COCc1ccccc1)nn2[C@@H]1O[C@H](COC(=O)c2ccccc2)[C@@H](OC(=O)c2ccccc2)[C@H]1OC(=O)c1ccccc1. The lowest BCUT2D eigenvalue weighted by molar-refractivity contribution is -0.0657. The van der Waals surface area contributed by atoms with Gasteiger partial charge in [0.15, 0.2) is 24.1 Å². The van der Waals surface area contributed by atoms with E-state index in [2.05, 4.69) is 9.97 Å². The highest BCUT2D eigenvalue weighted by Crippen LogP contribution is 2.38. The normalized spacial score (nSPS) is 18.2. The van der Waals surface area contributed by atoms with Crippen LogP contribution in [0.15, 0.2) is 128 Å². The maximum Gasteiger partial charge on any atom is 0.338 e. The highest BCUT2D eigenvalue weighted by molar-refractivity contribution is 5.91. The van der Waals surface area contributed by atoms with Gasteiger partial charge in [0.2, 0.25) is 0 Å². The standard InChI is InChI=1S/C39H33N5O8/c40-34-31-29(22-48-21-25-13-5-1-6-14-25)43-44(35(31)42-24-41-34)36-33(52-39(47)28-19-11-4-12-20-28)32(51-38(46)27-17-9-3-10-18-27)30(50-36)23-49-37(45)26-15-7-2-8-16-26/h1-20,24,30,32-33,36H,21-23H2,(H2,40,41,42)/t30-,32-,33-,36-/m1/s1. The smallest absolute Gasteiger partial charge is 0.338 e. The van der Waals surface area contributed by atoms with Crippen LogP contribution in [-0.4, -0.2) is 62.6 Å². The summed E-state index contributed by atoms with van der Waals surface area (Å²) < 4.78 is 31.7. The van der Waals surface area contributed by atoms with E-state index in [0.29, 0.717) is 23.3 Å². The van der Waals surface area contributed by atoms with E-state index in [1.165, 1.54) is 11.0 Å². The Bertz CT molecular complexity index is 2150. The molecule has 1 fully saturated rings. The molecule has 1 aliphatic rings. The van der Waals surface area contributed by atoms with Crippen molar-refractivity contribution >= 4 is 34.8 Å². The summed E-state index contributed by atoms with van der Waals surface area (Å²) in [4.78, 5) is 48.8. The molecule has 1 saturated heterocycles. The van der Waals surface area contributed by atoms with E-state index in [1.54, 1.807) is 91.0 Å². The predicted octanol–water partition coefficient (Wildman–Crippen LogP) is 5.33. The van der Waals surface area contributed by atoms with Crippen LogP contribution in [0.5, 0.6) is 0 Å². The Morgan fingerprint density at radius 1 is 0.673 bits per heavy atom. The number of nitrogens with two attached hydrogens (primary N) is 1. The number of hydrogen-bond donors (Lipinski definition) is 1. The van der Waals surface area contributed by atoms with Gasteiger partial charge in [0.05, 0.1) is 35.3 Å². The van der Waals surface area contributed by atoms with E-state index in [9.17, 15) is 14.4 Å². The van der Waals surface area contributed by atoms with Crippen LogP contribution in [0.25, 0.3) is 11.0 Å². The van der Waals surface area contributed by atoms with Crippen molar-refractivity contribution < 1.29 is 38.1 Å². The monoisotopic (exact) mass is 699 g/mol. The van der Waals surface area contributed by atoms with Crippen LogP contribution in [0.1, 0.15) is 48.6 Å². The third kappa shape index (κ3) is 7.50. The van der Waals surface area contributed by atoms with Gasteiger partial charge in [-0.25, -0.2) is 29.0 Å². The van der Waals surface area contributed by atoms with Gasteiger partial charge in [0.1, 0.15) is 30.5 Å². The van der Waals surface area contributed by atoms with Gasteiger partial charge in [0, 0.05) is 0 Å². The number of benzene rings is 4. The van der Waals surface area contributed by atoms with Crippen LogP contribution in [0.3, 0.4) is 0 Å². The zero-order valence-electron chi connectivity index (χ0n) is 27.7. The number of rotatable bonds is 12. The van der Waals surface area contributed by atoms with E-state index < -0.39 is 42.4 Å². The molecule has 13 heteroatoms. The lowest BCUT2D eigenvalue weighted by atomic mass is 10.1. The Morgan fingerprint density at radius 2 is 1.21 bits per heavy atom. The predicted molar refractivity (Wildman–Crippen MR) is 187 cm³/mol. The molecular weight excluding hydrogens is 666 g/mol. The van der Waals surface area contributed by atoms with Gasteiger partial charge in [-0.3, -0.25) is 0 Å². The average Bonchev–Trinajstić information content (AvgIpc) is 3.73. The van der Waals surface area contributed by atoms with Gasteiger partial charge in [0.25, 0.3) is 0 Å². The molecule has 0 amide bonds. The molecule has 1 aliphatic heterocycles. The van der Waals surface area contributed by atoms with Crippen LogP contribution in [0.4, 0.5) is 5.82 Å². The second kappa shape index (κ2) is 15.6. The lowest BCUT2D eigenvalue weighted by Gasteiger charge is -2.24. The van der Waals surface area contributed by atoms with Gasteiger partial charge in [-0.1, -0.05) is 84.9 Å². The topological polar surface area (TPSA) is 167 Å². The third-order valence-corrected chi connectivity index (χ3v) is 8.36. The summed E-state index contributed by atoms with van der Waals surface area (Å²) in [6.07, 6.45) is -3.66. The average molecular weight is 700 g/mol. The van der Waals surface area contributed by atoms with Crippen molar-refractivity contribution in [3.8, 4) is 0 Å².